The number of fused-ring (bicyclic) bond motifs is 1. The van der Waals surface area contributed by atoms with E-state index in [4.69, 9.17) is 11.6 Å². The van der Waals surface area contributed by atoms with Crippen LogP contribution in [0.3, 0.4) is 0 Å². The van der Waals surface area contributed by atoms with Crippen LogP contribution in [0.4, 0.5) is 11.4 Å². The van der Waals surface area contributed by atoms with Crippen molar-refractivity contribution in [3.05, 3.63) is 64.0 Å². The number of anilines is 1. The maximum absolute atomic E-state index is 12.6. The fourth-order valence-corrected chi connectivity index (χ4v) is 3.82. The van der Waals surface area contributed by atoms with Gasteiger partial charge in [-0.1, -0.05) is 29.8 Å². The van der Waals surface area contributed by atoms with Gasteiger partial charge in [0.15, 0.2) is 5.17 Å². The summed E-state index contributed by atoms with van der Waals surface area (Å²) in [7, 11) is 1.70. The number of amidine groups is 1. The van der Waals surface area contributed by atoms with Gasteiger partial charge < -0.3 is 10.2 Å². The number of likely N-dealkylation sites (N-methyl/N-ethyl adjacent to an activating group) is 1. The number of para-hydroxylation sites is 1. The number of aliphatic imine (C=N–C) groups is 1. The molecule has 4 rings (SSSR count). The van der Waals surface area contributed by atoms with Crippen LogP contribution >= 0.6 is 23.4 Å². The molecule has 0 radical (unpaired) electrons. The van der Waals surface area contributed by atoms with E-state index in [1.54, 1.807) is 36.2 Å². The molecule has 124 valence electrons. The number of nitrogens with zero attached hydrogens (tertiary/aromatic N) is 2. The van der Waals surface area contributed by atoms with E-state index >= 15 is 0 Å². The van der Waals surface area contributed by atoms with Crippen molar-refractivity contribution in [2.45, 2.75) is 0 Å². The second-order valence-corrected chi connectivity index (χ2v) is 6.97. The Balaban J connectivity index is 1.75. The molecule has 25 heavy (non-hydrogen) atoms. The van der Waals surface area contributed by atoms with Gasteiger partial charge >= 0.3 is 0 Å². The van der Waals surface area contributed by atoms with Crippen LogP contribution in [-0.2, 0) is 9.59 Å². The molecule has 0 atom stereocenters. The van der Waals surface area contributed by atoms with Gasteiger partial charge in [-0.05, 0) is 42.1 Å². The number of carbonyl (C=O) groups is 2. The molecule has 0 saturated carbocycles. The quantitative estimate of drug-likeness (QED) is 0.781. The summed E-state index contributed by atoms with van der Waals surface area (Å²) in [6.07, 6.45) is 0. The van der Waals surface area contributed by atoms with E-state index in [-0.39, 0.29) is 11.8 Å². The Labute approximate surface area is 153 Å². The predicted octanol–water partition coefficient (Wildman–Crippen LogP) is 3.58. The lowest BCUT2D eigenvalue weighted by Gasteiger charge is -2.08. The smallest absolute Gasteiger partial charge is 0.264 e. The first-order valence-corrected chi connectivity index (χ1v) is 8.69. The highest BCUT2D eigenvalue weighted by Crippen LogP contribution is 2.42. The number of amides is 2. The number of thioether (sulfide) groups is 1. The fourth-order valence-electron chi connectivity index (χ4n) is 2.76. The van der Waals surface area contributed by atoms with E-state index in [1.165, 1.54) is 11.8 Å². The van der Waals surface area contributed by atoms with E-state index in [9.17, 15) is 9.59 Å². The van der Waals surface area contributed by atoms with Gasteiger partial charge in [0.1, 0.15) is 0 Å². The van der Waals surface area contributed by atoms with Crippen LogP contribution in [0.1, 0.15) is 5.56 Å². The monoisotopic (exact) mass is 369 g/mol. The van der Waals surface area contributed by atoms with Crippen molar-refractivity contribution in [1.29, 1.82) is 0 Å². The van der Waals surface area contributed by atoms with Crippen LogP contribution in [0, 0.1) is 0 Å². The van der Waals surface area contributed by atoms with Crippen LogP contribution in [0.5, 0.6) is 0 Å². The molecule has 2 amide bonds. The van der Waals surface area contributed by atoms with Gasteiger partial charge in [-0.3, -0.25) is 9.59 Å². The first-order chi connectivity index (χ1) is 12.0. The molecule has 0 spiro atoms. The highest BCUT2D eigenvalue weighted by molar-refractivity contribution is 8.18. The van der Waals surface area contributed by atoms with Crippen molar-refractivity contribution in [2.75, 3.05) is 11.9 Å². The second kappa shape index (κ2) is 6.06. The molecule has 5 nitrogen and oxygen atoms in total. The van der Waals surface area contributed by atoms with Gasteiger partial charge in [0.2, 0.25) is 0 Å². The summed E-state index contributed by atoms with van der Waals surface area (Å²) >= 11 is 7.04. The topological polar surface area (TPSA) is 61.8 Å². The van der Waals surface area contributed by atoms with E-state index in [0.29, 0.717) is 26.4 Å². The zero-order valence-electron chi connectivity index (χ0n) is 13.1. The predicted molar refractivity (Wildman–Crippen MR) is 101 cm³/mol. The summed E-state index contributed by atoms with van der Waals surface area (Å²) in [5.74, 6) is -0.502. The van der Waals surface area contributed by atoms with Crippen LogP contribution in [0.25, 0.3) is 5.57 Å². The Morgan fingerprint density at radius 1 is 1.08 bits per heavy atom. The van der Waals surface area contributed by atoms with E-state index in [2.05, 4.69) is 10.3 Å². The molecule has 1 saturated heterocycles. The minimum Gasteiger partial charge on any atom is -0.311 e. The first-order valence-electron chi connectivity index (χ1n) is 7.50. The molecule has 2 aromatic carbocycles. The van der Waals surface area contributed by atoms with Crippen molar-refractivity contribution >= 4 is 57.3 Å². The highest BCUT2D eigenvalue weighted by atomic mass is 35.5. The van der Waals surface area contributed by atoms with Gasteiger partial charge in [0.25, 0.3) is 11.8 Å². The van der Waals surface area contributed by atoms with E-state index in [0.717, 1.165) is 11.3 Å². The molecule has 0 aromatic heterocycles. The van der Waals surface area contributed by atoms with Crippen molar-refractivity contribution < 1.29 is 9.59 Å². The zero-order valence-corrected chi connectivity index (χ0v) is 14.7. The first kappa shape index (κ1) is 15.9. The molecule has 7 heteroatoms. The van der Waals surface area contributed by atoms with Crippen molar-refractivity contribution in [1.82, 2.24) is 5.32 Å². The van der Waals surface area contributed by atoms with Gasteiger partial charge in [0, 0.05) is 17.6 Å². The number of rotatable bonds is 1. The average Bonchev–Trinajstić information content (AvgIpc) is 3.08. The van der Waals surface area contributed by atoms with E-state index < -0.39 is 0 Å². The largest absolute Gasteiger partial charge is 0.311 e. The van der Waals surface area contributed by atoms with Crippen LogP contribution < -0.4 is 10.2 Å². The van der Waals surface area contributed by atoms with Gasteiger partial charge in [0.05, 0.1) is 21.9 Å². The molecule has 2 aliphatic rings. The average molecular weight is 370 g/mol. The maximum atomic E-state index is 12.6. The number of halogens is 1. The van der Waals surface area contributed by atoms with Crippen molar-refractivity contribution in [2.24, 2.45) is 4.99 Å². The summed E-state index contributed by atoms with van der Waals surface area (Å²) in [6, 6.07) is 14.4. The standard InChI is InChI=1S/C18H12ClN3O2S/c1-22-13-5-3-2-4-12(13)14(17(22)24)15-16(23)21-18(25-15)20-11-8-6-10(19)7-9-11/h2-9H,1H3,(H,20,21,23)/b15-14-. The molecule has 2 aromatic rings. The number of hydrogen-bond acceptors (Lipinski definition) is 4. The molecule has 2 heterocycles. The lowest BCUT2D eigenvalue weighted by Crippen LogP contribution is -2.23. The van der Waals surface area contributed by atoms with E-state index in [1.807, 2.05) is 24.3 Å². The summed E-state index contributed by atoms with van der Waals surface area (Å²) in [6.45, 7) is 0. The Morgan fingerprint density at radius 2 is 1.80 bits per heavy atom. The van der Waals surface area contributed by atoms with Gasteiger partial charge in [-0.25, -0.2) is 4.99 Å². The Bertz CT molecular complexity index is 967. The lowest BCUT2D eigenvalue weighted by atomic mass is 10.1. The third-order valence-corrected chi connectivity index (χ3v) is 5.20. The highest BCUT2D eigenvalue weighted by Gasteiger charge is 2.37. The molecule has 2 aliphatic heterocycles. The maximum Gasteiger partial charge on any atom is 0.264 e. The second-order valence-electron chi connectivity index (χ2n) is 5.54. The number of benzene rings is 2. The van der Waals surface area contributed by atoms with Crippen LogP contribution in [0.15, 0.2) is 58.4 Å². The summed E-state index contributed by atoms with van der Waals surface area (Å²) in [4.78, 5) is 31.4. The zero-order chi connectivity index (χ0) is 17.6. The van der Waals surface area contributed by atoms with Crippen molar-refractivity contribution in [3.8, 4) is 0 Å². The molecular formula is C18H12ClN3O2S. The van der Waals surface area contributed by atoms with Crippen LogP contribution in [0.2, 0.25) is 5.02 Å². The minimum absolute atomic E-state index is 0.188. The SMILES string of the molecule is CN1C(=O)/C(=C2\SC(=Nc3ccc(Cl)cc3)NC2=O)c2ccccc21. The minimum atomic E-state index is -0.314. The Morgan fingerprint density at radius 3 is 2.56 bits per heavy atom. The summed E-state index contributed by atoms with van der Waals surface area (Å²) in [5, 5.41) is 3.78. The molecule has 1 N–H and O–H groups in total. The fraction of sp³-hybridized carbons (Fsp3) is 0.0556. The normalized spacial score (nSPS) is 21.0. The molecular weight excluding hydrogens is 358 g/mol. The van der Waals surface area contributed by atoms with Gasteiger partial charge in [-0.15, -0.1) is 0 Å². The van der Waals surface area contributed by atoms with Crippen molar-refractivity contribution in [3.63, 3.8) is 0 Å². The Kier molecular flexibility index (Phi) is 3.86. The molecule has 0 unspecified atom stereocenters. The third kappa shape index (κ3) is 2.73. The number of carbonyl (C=O) groups excluding carboxylic acids is 2. The van der Waals surface area contributed by atoms with Gasteiger partial charge in [-0.2, -0.15) is 0 Å². The summed E-state index contributed by atoms with van der Waals surface area (Å²) < 4.78 is 0. The third-order valence-electron chi connectivity index (χ3n) is 3.96. The Hall–Kier alpha value is -2.57. The summed E-state index contributed by atoms with van der Waals surface area (Å²) in [5.41, 5.74) is 2.66. The molecule has 0 aliphatic carbocycles. The number of hydrogen-bond donors (Lipinski definition) is 1. The van der Waals surface area contributed by atoms with Crippen LogP contribution in [-0.4, -0.2) is 24.0 Å². The number of nitrogens with one attached hydrogen (secondary N) is 1. The lowest BCUT2D eigenvalue weighted by molar-refractivity contribution is -0.116. The molecule has 0 bridgehead atoms. The molecule has 1 fully saturated rings.